The normalized spacial score (nSPS) is 15.7. The predicted molar refractivity (Wildman–Crippen MR) is 104 cm³/mol. The van der Waals surface area contributed by atoms with E-state index in [-0.39, 0.29) is 27.9 Å². The van der Waals surface area contributed by atoms with Gasteiger partial charge in [0.1, 0.15) is 4.90 Å². The monoisotopic (exact) mass is 396 g/mol. The lowest BCUT2D eigenvalue weighted by atomic mass is 9.82. The van der Waals surface area contributed by atoms with E-state index in [0.29, 0.717) is 5.70 Å². The molecule has 0 aromatic heterocycles. The first-order valence-corrected chi connectivity index (χ1v) is 9.99. The van der Waals surface area contributed by atoms with Gasteiger partial charge in [0.05, 0.1) is 22.5 Å². The number of hydrogen-bond donors (Lipinski definition) is 3. The van der Waals surface area contributed by atoms with E-state index in [2.05, 4.69) is 5.32 Å². The van der Waals surface area contributed by atoms with Crippen LogP contribution in [-0.4, -0.2) is 24.5 Å². The van der Waals surface area contributed by atoms with Crippen LogP contribution in [0.4, 0.5) is 11.4 Å². The van der Waals surface area contributed by atoms with Gasteiger partial charge in [0.15, 0.2) is 11.6 Å². The number of nitrogens with two attached hydrogens (primary N) is 1. The molecule has 0 saturated carbocycles. The van der Waals surface area contributed by atoms with Crippen molar-refractivity contribution in [3.05, 3.63) is 76.5 Å². The van der Waals surface area contributed by atoms with E-state index in [1.165, 1.54) is 12.1 Å². The Bertz CT molecular complexity index is 1210. The third-order valence-corrected chi connectivity index (χ3v) is 5.65. The minimum Gasteiger partial charge on any atom is -0.397 e. The van der Waals surface area contributed by atoms with Crippen LogP contribution in [0.2, 0.25) is 0 Å². The number of carbonyl (C=O) groups excluding carboxylic acids is 2. The molecule has 2 aromatic carbocycles. The summed E-state index contributed by atoms with van der Waals surface area (Å²) < 4.78 is 33.3. The van der Waals surface area contributed by atoms with Gasteiger partial charge in [-0.2, -0.15) is 8.42 Å². The van der Waals surface area contributed by atoms with Gasteiger partial charge in [-0.15, -0.1) is 0 Å². The number of benzene rings is 2. The molecule has 0 spiro atoms. The zero-order valence-electron chi connectivity index (χ0n) is 14.6. The van der Waals surface area contributed by atoms with Crippen LogP contribution in [0, 0.1) is 0 Å². The van der Waals surface area contributed by atoms with Crippen LogP contribution in [0.15, 0.2) is 59.2 Å². The van der Waals surface area contributed by atoms with Crippen molar-refractivity contribution in [2.24, 2.45) is 0 Å². The summed E-state index contributed by atoms with van der Waals surface area (Å²) in [6.45, 7) is 0. The van der Waals surface area contributed by atoms with E-state index in [9.17, 15) is 22.6 Å². The van der Waals surface area contributed by atoms with Crippen molar-refractivity contribution in [1.29, 1.82) is 0 Å². The lowest BCUT2D eigenvalue weighted by Gasteiger charge is -2.24. The molecule has 0 amide bonds. The van der Waals surface area contributed by atoms with Gasteiger partial charge in [-0.3, -0.25) is 14.1 Å². The Morgan fingerprint density at radius 1 is 1.00 bits per heavy atom. The highest BCUT2D eigenvalue weighted by Crippen LogP contribution is 2.39. The first kappa shape index (κ1) is 18.1. The van der Waals surface area contributed by atoms with E-state index in [1.54, 1.807) is 18.2 Å². The lowest BCUT2D eigenvalue weighted by Crippen LogP contribution is -2.25. The van der Waals surface area contributed by atoms with Gasteiger partial charge < -0.3 is 11.1 Å². The molecule has 0 unspecified atom stereocenters. The number of hydrogen-bond acceptors (Lipinski definition) is 6. The van der Waals surface area contributed by atoms with Crippen molar-refractivity contribution in [1.82, 2.24) is 0 Å². The molecule has 0 bridgehead atoms. The molecule has 0 aliphatic heterocycles. The number of fused-ring (bicyclic) bond motifs is 2. The van der Waals surface area contributed by atoms with Crippen LogP contribution in [0.1, 0.15) is 44.7 Å². The number of nitrogens with one attached hydrogen (secondary N) is 1. The molecule has 2 aliphatic rings. The van der Waals surface area contributed by atoms with Crippen molar-refractivity contribution in [2.75, 3.05) is 11.1 Å². The molecule has 4 N–H and O–H groups in total. The van der Waals surface area contributed by atoms with Crippen LogP contribution in [-0.2, 0) is 10.1 Å². The summed E-state index contributed by atoms with van der Waals surface area (Å²) in [4.78, 5) is 25.5. The molecule has 28 heavy (non-hydrogen) atoms. The second-order valence-corrected chi connectivity index (χ2v) is 7.92. The van der Waals surface area contributed by atoms with E-state index >= 15 is 0 Å². The number of ketones is 2. The van der Waals surface area contributed by atoms with Gasteiger partial charge in [0, 0.05) is 16.8 Å². The highest BCUT2D eigenvalue weighted by atomic mass is 32.2. The fourth-order valence-electron chi connectivity index (χ4n) is 3.47. The highest BCUT2D eigenvalue weighted by Gasteiger charge is 2.36. The number of allylic oxidation sites excluding steroid dienone is 3. The Labute approximate surface area is 161 Å². The molecule has 0 saturated heterocycles. The van der Waals surface area contributed by atoms with E-state index < -0.39 is 32.3 Å². The van der Waals surface area contributed by atoms with Crippen LogP contribution >= 0.6 is 0 Å². The lowest BCUT2D eigenvalue weighted by molar-refractivity contribution is 0.0980. The first-order valence-electron chi connectivity index (χ1n) is 8.55. The molecular weight excluding hydrogens is 380 g/mol. The van der Waals surface area contributed by atoms with Gasteiger partial charge in [0.2, 0.25) is 0 Å². The van der Waals surface area contributed by atoms with Gasteiger partial charge in [-0.25, -0.2) is 0 Å². The van der Waals surface area contributed by atoms with Gasteiger partial charge in [-0.1, -0.05) is 36.4 Å². The summed E-state index contributed by atoms with van der Waals surface area (Å²) in [5.41, 5.74) is 6.38. The topological polar surface area (TPSA) is 127 Å². The van der Waals surface area contributed by atoms with Crippen LogP contribution in [0.25, 0.3) is 0 Å². The zero-order chi connectivity index (χ0) is 20.1. The fraction of sp³-hybridized carbons (Fsp3) is 0.100. The smallest absolute Gasteiger partial charge is 0.296 e. The molecule has 4 rings (SSSR count). The summed E-state index contributed by atoms with van der Waals surface area (Å²) in [5, 5.41) is 3.00. The molecule has 0 atom stereocenters. The van der Waals surface area contributed by atoms with Crippen LogP contribution < -0.4 is 11.1 Å². The Balaban J connectivity index is 2.02. The van der Waals surface area contributed by atoms with E-state index in [1.807, 2.05) is 12.2 Å². The molecular formula is C20H16N2O5S. The average Bonchev–Trinajstić information content (AvgIpc) is 2.67. The number of nitrogen functional groups attached to an aromatic ring is 1. The second-order valence-electron chi connectivity index (χ2n) is 6.53. The fourth-order valence-corrected chi connectivity index (χ4v) is 4.11. The largest absolute Gasteiger partial charge is 0.397 e. The highest BCUT2D eigenvalue weighted by molar-refractivity contribution is 7.86. The molecule has 7 nitrogen and oxygen atoms in total. The third kappa shape index (κ3) is 2.83. The molecule has 0 heterocycles. The summed E-state index contributed by atoms with van der Waals surface area (Å²) in [6.07, 6.45) is 7.25. The van der Waals surface area contributed by atoms with Crippen molar-refractivity contribution in [3.63, 3.8) is 0 Å². The molecule has 2 aliphatic carbocycles. The zero-order valence-corrected chi connectivity index (χ0v) is 15.4. The van der Waals surface area contributed by atoms with E-state index in [4.69, 9.17) is 5.73 Å². The average molecular weight is 396 g/mol. The Kier molecular flexibility index (Phi) is 4.17. The molecule has 0 radical (unpaired) electrons. The summed E-state index contributed by atoms with van der Waals surface area (Å²) in [7, 11) is -4.71. The van der Waals surface area contributed by atoms with Gasteiger partial charge in [-0.05, 0) is 25.0 Å². The predicted octanol–water partition coefficient (Wildman–Crippen LogP) is 2.94. The maximum Gasteiger partial charge on any atom is 0.296 e. The molecule has 142 valence electrons. The summed E-state index contributed by atoms with van der Waals surface area (Å²) in [6, 6.07) is 7.36. The molecule has 2 aromatic rings. The van der Waals surface area contributed by atoms with Crippen LogP contribution in [0.3, 0.4) is 0 Å². The van der Waals surface area contributed by atoms with Crippen molar-refractivity contribution >= 4 is 33.1 Å². The summed E-state index contributed by atoms with van der Waals surface area (Å²) in [5.74, 6) is -1.01. The van der Waals surface area contributed by atoms with Gasteiger partial charge >= 0.3 is 0 Å². The summed E-state index contributed by atoms with van der Waals surface area (Å²) >= 11 is 0. The maximum atomic E-state index is 13.1. The molecule has 8 heteroatoms. The van der Waals surface area contributed by atoms with Gasteiger partial charge in [0.25, 0.3) is 10.1 Å². The third-order valence-electron chi connectivity index (χ3n) is 4.75. The van der Waals surface area contributed by atoms with Crippen molar-refractivity contribution in [2.45, 2.75) is 17.7 Å². The number of carbonyl (C=O) groups is 2. The number of anilines is 2. The maximum absolute atomic E-state index is 13.1. The Morgan fingerprint density at radius 3 is 2.21 bits per heavy atom. The minimum absolute atomic E-state index is 0.00604. The molecule has 0 fully saturated rings. The number of rotatable bonds is 3. The first-order chi connectivity index (χ1) is 13.3. The van der Waals surface area contributed by atoms with Crippen molar-refractivity contribution in [3.8, 4) is 0 Å². The van der Waals surface area contributed by atoms with Crippen LogP contribution in [0.5, 0.6) is 0 Å². The second kappa shape index (κ2) is 6.43. The SMILES string of the molecule is Nc1c(S(=O)(=O)O)cc(NC2=CCCC=C2)c2c1C(=O)c1ccccc1C2=O. The Hall–Kier alpha value is -3.23. The Morgan fingerprint density at radius 2 is 1.64 bits per heavy atom. The quantitative estimate of drug-likeness (QED) is 0.459. The standard InChI is InChI=1S/C20H16N2O5S/c21-18-15(28(25,26)27)10-14(22-11-6-2-1-3-7-11)16-17(18)20(24)13-9-5-4-8-12(13)19(16)23/h2,4-10,22H,1,3,21H2,(H,25,26,27). The van der Waals surface area contributed by atoms with E-state index in [0.717, 1.165) is 18.9 Å². The minimum atomic E-state index is -4.71. The van der Waals surface area contributed by atoms with Crippen molar-refractivity contribution < 1.29 is 22.6 Å².